The molecule has 0 unspecified atom stereocenters. The van der Waals surface area contributed by atoms with E-state index in [0.29, 0.717) is 12.5 Å². The highest BCUT2D eigenvalue weighted by molar-refractivity contribution is 7.09. The Hall–Kier alpha value is -1.44. The van der Waals surface area contributed by atoms with Crippen LogP contribution in [-0.2, 0) is 16.1 Å². The maximum absolute atomic E-state index is 11.6. The van der Waals surface area contributed by atoms with Crippen LogP contribution in [0.5, 0.6) is 0 Å². The molecule has 1 saturated heterocycles. The van der Waals surface area contributed by atoms with E-state index in [1.807, 2.05) is 0 Å². The molecule has 2 heterocycles. The number of amides is 2. The summed E-state index contributed by atoms with van der Waals surface area (Å²) in [5.41, 5.74) is 5.16. The van der Waals surface area contributed by atoms with Gasteiger partial charge in [0.1, 0.15) is 0 Å². The Morgan fingerprint density at radius 3 is 2.68 bits per heavy atom. The summed E-state index contributed by atoms with van der Waals surface area (Å²) in [4.78, 5) is 26.4. The van der Waals surface area contributed by atoms with Crippen LogP contribution in [0.4, 0.5) is 0 Å². The molecule has 0 aromatic carbocycles. The second kappa shape index (κ2) is 8.87. The third kappa shape index (κ3) is 5.75. The molecule has 2 rings (SSSR count). The van der Waals surface area contributed by atoms with Crippen molar-refractivity contribution >= 4 is 23.2 Å². The number of likely N-dealkylation sites (tertiary alicyclic amines) is 1. The lowest BCUT2D eigenvalue weighted by Gasteiger charge is -2.31. The maximum Gasteiger partial charge on any atom is 0.239 e. The lowest BCUT2D eigenvalue weighted by Crippen LogP contribution is -2.42. The second-order valence-electron chi connectivity index (χ2n) is 5.58. The van der Waals surface area contributed by atoms with E-state index in [0.717, 1.165) is 32.5 Å². The molecule has 22 heavy (non-hydrogen) atoms. The SMILES string of the molecule is NCC(=O)NCC(=O)NCC1CCN(Cc2cccs2)CC1. The molecule has 6 nitrogen and oxygen atoms in total. The number of hydrogen-bond donors (Lipinski definition) is 3. The number of nitrogens with one attached hydrogen (secondary N) is 2. The first-order chi connectivity index (χ1) is 10.7. The smallest absolute Gasteiger partial charge is 0.239 e. The average molecular weight is 324 g/mol. The second-order valence-corrected chi connectivity index (χ2v) is 6.62. The van der Waals surface area contributed by atoms with Crippen molar-refractivity contribution in [2.45, 2.75) is 19.4 Å². The van der Waals surface area contributed by atoms with Crippen molar-refractivity contribution < 1.29 is 9.59 Å². The predicted octanol–water partition coefficient (Wildman–Crippen LogP) is 0.151. The van der Waals surface area contributed by atoms with Crippen LogP contribution in [-0.4, -0.2) is 49.4 Å². The normalized spacial score (nSPS) is 16.4. The molecule has 0 radical (unpaired) electrons. The van der Waals surface area contributed by atoms with Crippen LogP contribution in [0, 0.1) is 5.92 Å². The summed E-state index contributed by atoms with van der Waals surface area (Å²) >= 11 is 1.80. The fraction of sp³-hybridized carbons (Fsp3) is 0.600. The zero-order valence-electron chi connectivity index (χ0n) is 12.7. The molecule has 1 aliphatic rings. The number of carbonyl (C=O) groups is 2. The highest BCUT2D eigenvalue weighted by atomic mass is 32.1. The summed E-state index contributed by atoms with van der Waals surface area (Å²) in [5.74, 6) is 0.0635. The molecule has 0 saturated carbocycles. The van der Waals surface area contributed by atoms with E-state index < -0.39 is 0 Å². The zero-order valence-corrected chi connectivity index (χ0v) is 13.5. The highest BCUT2D eigenvalue weighted by Crippen LogP contribution is 2.20. The van der Waals surface area contributed by atoms with Crippen molar-refractivity contribution in [3.8, 4) is 0 Å². The van der Waals surface area contributed by atoms with Gasteiger partial charge in [-0.3, -0.25) is 14.5 Å². The predicted molar refractivity (Wildman–Crippen MR) is 87.4 cm³/mol. The Labute approximate surface area is 135 Å². The van der Waals surface area contributed by atoms with Gasteiger partial charge in [0.05, 0.1) is 13.1 Å². The van der Waals surface area contributed by atoms with Crippen molar-refractivity contribution in [3.63, 3.8) is 0 Å². The van der Waals surface area contributed by atoms with Crippen LogP contribution in [0.1, 0.15) is 17.7 Å². The first-order valence-electron chi connectivity index (χ1n) is 7.65. The Morgan fingerprint density at radius 1 is 1.27 bits per heavy atom. The molecular formula is C15H24N4O2S. The summed E-state index contributed by atoms with van der Waals surface area (Å²) < 4.78 is 0. The van der Waals surface area contributed by atoms with E-state index in [4.69, 9.17) is 5.73 Å². The van der Waals surface area contributed by atoms with Crippen LogP contribution < -0.4 is 16.4 Å². The molecule has 122 valence electrons. The molecule has 7 heteroatoms. The van der Waals surface area contributed by atoms with Gasteiger partial charge in [-0.2, -0.15) is 0 Å². The summed E-state index contributed by atoms with van der Waals surface area (Å²) in [7, 11) is 0. The Kier molecular flexibility index (Phi) is 6.82. The minimum Gasteiger partial charge on any atom is -0.354 e. The number of hydrogen-bond acceptors (Lipinski definition) is 5. The third-order valence-corrected chi connectivity index (χ3v) is 4.75. The number of carbonyl (C=O) groups excluding carboxylic acids is 2. The van der Waals surface area contributed by atoms with Gasteiger partial charge < -0.3 is 16.4 Å². The van der Waals surface area contributed by atoms with E-state index in [9.17, 15) is 9.59 Å². The van der Waals surface area contributed by atoms with Crippen molar-refractivity contribution in [2.75, 3.05) is 32.7 Å². The standard InChI is InChI=1S/C15H24N4O2S/c16-8-14(20)18-10-15(21)17-9-12-3-5-19(6-4-12)11-13-2-1-7-22-13/h1-2,7,12H,3-6,8-11,16H2,(H,17,21)(H,18,20). The number of nitrogens with zero attached hydrogens (tertiary/aromatic N) is 1. The van der Waals surface area contributed by atoms with Crippen LogP contribution >= 0.6 is 11.3 Å². The molecule has 1 aromatic rings. The number of rotatable bonds is 7. The monoisotopic (exact) mass is 324 g/mol. The van der Waals surface area contributed by atoms with Crippen LogP contribution in [0.15, 0.2) is 17.5 Å². The first-order valence-corrected chi connectivity index (χ1v) is 8.53. The Bertz CT molecular complexity index is 470. The number of nitrogens with two attached hydrogens (primary N) is 1. The maximum atomic E-state index is 11.6. The van der Waals surface area contributed by atoms with Crippen LogP contribution in [0.2, 0.25) is 0 Å². The molecule has 2 amide bonds. The summed E-state index contributed by atoms with van der Waals surface area (Å²) in [6.45, 7) is 3.78. The van der Waals surface area contributed by atoms with Gasteiger partial charge in [-0.05, 0) is 43.3 Å². The van der Waals surface area contributed by atoms with Crippen molar-refractivity contribution in [2.24, 2.45) is 11.7 Å². The quantitative estimate of drug-likeness (QED) is 0.666. The van der Waals surface area contributed by atoms with Gasteiger partial charge in [0.2, 0.25) is 11.8 Å². The lowest BCUT2D eigenvalue weighted by molar-refractivity contribution is -0.125. The third-order valence-electron chi connectivity index (χ3n) is 3.89. The summed E-state index contributed by atoms with van der Waals surface area (Å²) in [6, 6.07) is 4.26. The molecule has 0 aliphatic carbocycles. The summed E-state index contributed by atoms with van der Waals surface area (Å²) in [5, 5.41) is 7.46. The van der Waals surface area contributed by atoms with Crippen LogP contribution in [0.25, 0.3) is 0 Å². The molecule has 0 spiro atoms. The molecule has 0 atom stereocenters. The molecule has 0 bridgehead atoms. The summed E-state index contributed by atoms with van der Waals surface area (Å²) in [6.07, 6.45) is 2.20. The van der Waals surface area contributed by atoms with Gasteiger partial charge in [0.15, 0.2) is 0 Å². The van der Waals surface area contributed by atoms with Crippen molar-refractivity contribution in [3.05, 3.63) is 22.4 Å². The van der Waals surface area contributed by atoms with Gasteiger partial charge in [0.25, 0.3) is 0 Å². The fourth-order valence-electron chi connectivity index (χ4n) is 2.54. The van der Waals surface area contributed by atoms with Gasteiger partial charge in [-0.1, -0.05) is 6.07 Å². The topological polar surface area (TPSA) is 87.5 Å². The van der Waals surface area contributed by atoms with Gasteiger partial charge in [-0.25, -0.2) is 0 Å². The molecular weight excluding hydrogens is 300 g/mol. The Balaban J connectivity index is 1.59. The van der Waals surface area contributed by atoms with E-state index in [2.05, 4.69) is 33.0 Å². The van der Waals surface area contributed by atoms with Crippen molar-refractivity contribution in [1.29, 1.82) is 0 Å². The van der Waals surface area contributed by atoms with E-state index in [1.54, 1.807) is 11.3 Å². The molecule has 1 aliphatic heterocycles. The minimum atomic E-state index is -0.308. The lowest BCUT2D eigenvalue weighted by atomic mass is 9.97. The van der Waals surface area contributed by atoms with E-state index >= 15 is 0 Å². The van der Waals surface area contributed by atoms with E-state index in [1.165, 1.54) is 4.88 Å². The fourth-order valence-corrected chi connectivity index (χ4v) is 3.29. The van der Waals surface area contributed by atoms with Crippen molar-refractivity contribution in [1.82, 2.24) is 15.5 Å². The van der Waals surface area contributed by atoms with Crippen LogP contribution in [0.3, 0.4) is 0 Å². The first kappa shape index (κ1) is 16.9. The zero-order chi connectivity index (χ0) is 15.8. The Morgan fingerprint density at radius 2 is 2.05 bits per heavy atom. The largest absolute Gasteiger partial charge is 0.354 e. The minimum absolute atomic E-state index is 0.00720. The van der Waals surface area contributed by atoms with Gasteiger partial charge in [0, 0.05) is 18.0 Å². The highest BCUT2D eigenvalue weighted by Gasteiger charge is 2.19. The van der Waals surface area contributed by atoms with Gasteiger partial charge in [-0.15, -0.1) is 11.3 Å². The number of piperidine rings is 1. The average Bonchev–Trinajstić information content (AvgIpc) is 3.04. The number of thiophene rings is 1. The molecule has 1 aromatic heterocycles. The molecule has 4 N–H and O–H groups in total. The van der Waals surface area contributed by atoms with Gasteiger partial charge >= 0.3 is 0 Å². The molecule has 1 fully saturated rings. The van der Waals surface area contributed by atoms with E-state index in [-0.39, 0.29) is 24.9 Å².